The number of halogens is 1. The Bertz CT molecular complexity index is 702. The summed E-state index contributed by atoms with van der Waals surface area (Å²) in [5, 5.41) is 11.8. The monoisotopic (exact) mass is 374 g/mol. The molecule has 2 fully saturated rings. The second-order valence-corrected chi connectivity index (χ2v) is 7.50. The zero-order valence-corrected chi connectivity index (χ0v) is 15.9. The van der Waals surface area contributed by atoms with Gasteiger partial charge in [0, 0.05) is 38.6 Å². The first kappa shape index (κ1) is 19.4. The van der Waals surface area contributed by atoms with Crippen LogP contribution in [0.3, 0.4) is 0 Å². The van der Waals surface area contributed by atoms with E-state index in [4.69, 9.17) is 10.00 Å². The Balaban J connectivity index is 1.55. The lowest BCUT2D eigenvalue weighted by molar-refractivity contribution is -0.00539. The molecule has 2 heterocycles. The van der Waals surface area contributed by atoms with E-state index in [1.807, 2.05) is 24.8 Å². The standard InChI is InChI=1S/C20H27FN4O2/c1-14-12-25(13-15(2)27-14)19-4-3-17(9-18(19)21)11-23-20(26)24-7-5-16(10-22)6-8-24/h3-4,9,14-16H,5-8,11-13H2,1-2H3,(H,23,26)/t14-,15+. The summed E-state index contributed by atoms with van der Waals surface area (Å²) in [5.74, 6) is -0.237. The Morgan fingerprint density at radius 2 is 1.96 bits per heavy atom. The van der Waals surface area contributed by atoms with Gasteiger partial charge in [-0.3, -0.25) is 0 Å². The van der Waals surface area contributed by atoms with Gasteiger partial charge >= 0.3 is 6.03 Å². The van der Waals surface area contributed by atoms with E-state index in [1.165, 1.54) is 6.07 Å². The van der Waals surface area contributed by atoms with Gasteiger partial charge in [-0.1, -0.05) is 6.07 Å². The van der Waals surface area contributed by atoms with Gasteiger partial charge in [-0.2, -0.15) is 5.26 Å². The van der Waals surface area contributed by atoms with Crippen molar-refractivity contribution >= 4 is 11.7 Å². The summed E-state index contributed by atoms with van der Waals surface area (Å²) < 4.78 is 20.3. The van der Waals surface area contributed by atoms with Crippen molar-refractivity contribution in [2.45, 2.75) is 45.4 Å². The van der Waals surface area contributed by atoms with Gasteiger partial charge in [-0.05, 0) is 44.4 Å². The molecule has 1 N–H and O–H groups in total. The first-order valence-electron chi connectivity index (χ1n) is 9.57. The van der Waals surface area contributed by atoms with Gasteiger partial charge in [0.15, 0.2) is 0 Å². The SMILES string of the molecule is C[C@@H]1CN(c2ccc(CNC(=O)N3CCC(C#N)CC3)cc2F)C[C@H](C)O1. The predicted molar refractivity (Wildman–Crippen MR) is 101 cm³/mol. The fourth-order valence-electron chi connectivity index (χ4n) is 3.79. The van der Waals surface area contributed by atoms with Crippen molar-refractivity contribution in [2.75, 3.05) is 31.1 Å². The number of benzene rings is 1. The Kier molecular flexibility index (Phi) is 6.17. The number of carbonyl (C=O) groups is 1. The number of nitrogens with zero attached hydrogens (tertiary/aromatic N) is 3. The van der Waals surface area contributed by atoms with Gasteiger partial charge in [0.1, 0.15) is 5.82 Å². The average molecular weight is 374 g/mol. The molecule has 1 aromatic carbocycles. The molecule has 2 aliphatic rings. The second kappa shape index (κ2) is 8.57. The first-order chi connectivity index (χ1) is 13.0. The van der Waals surface area contributed by atoms with E-state index in [1.54, 1.807) is 11.0 Å². The molecular formula is C20H27FN4O2. The van der Waals surface area contributed by atoms with E-state index >= 15 is 0 Å². The Morgan fingerprint density at radius 1 is 1.30 bits per heavy atom. The van der Waals surface area contributed by atoms with Gasteiger partial charge in [0.2, 0.25) is 0 Å². The van der Waals surface area contributed by atoms with Crippen LogP contribution >= 0.6 is 0 Å². The number of amides is 2. The molecule has 6 nitrogen and oxygen atoms in total. The zero-order valence-electron chi connectivity index (χ0n) is 15.9. The van der Waals surface area contributed by atoms with E-state index in [0.717, 1.165) is 5.56 Å². The molecule has 2 amide bonds. The Labute approximate surface area is 159 Å². The minimum Gasteiger partial charge on any atom is -0.372 e. The summed E-state index contributed by atoms with van der Waals surface area (Å²) in [4.78, 5) is 16.0. The largest absolute Gasteiger partial charge is 0.372 e. The summed E-state index contributed by atoms with van der Waals surface area (Å²) in [6.45, 7) is 6.76. The number of piperidine rings is 1. The minimum atomic E-state index is -0.280. The predicted octanol–water partition coefficient (Wildman–Crippen LogP) is 2.88. The average Bonchev–Trinajstić information content (AvgIpc) is 2.65. The number of anilines is 1. The van der Waals surface area contributed by atoms with Crippen LogP contribution in [0, 0.1) is 23.1 Å². The van der Waals surface area contributed by atoms with Crippen LogP contribution in [0.15, 0.2) is 18.2 Å². The molecule has 1 aromatic rings. The molecule has 146 valence electrons. The highest BCUT2D eigenvalue weighted by Crippen LogP contribution is 2.24. The number of morpholine rings is 1. The number of nitrogens with one attached hydrogen (secondary N) is 1. The maximum Gasteiger partial charge on any atom is 0.317 e. The van der Waals surface area contributed by atoms with Crippen LogP contribution in [-0.2, 0) is 11.3 Å². The maximum absolute atomic E-state index is 14.6. The van der Waals surface area contributed by atoms with Crippen LogP contribution in [0.2, 0.25) is 0 Å². The van der Waals surface area contributed by atoms with Crippen LogP contribution in [-0.4, -0.2) is 49.3 Å². The molecule has 0 saturated carbocycles. The maximum atomic E-state index is 14.6. The highest BCUT2D eigenvalue weighted by atomic mass is 19.1. The van der Waals surface area contributed by atoms with E-state index in [2.05, 4.69) is 11.4 Å². The summed E-state index contributed by atoms with van der Waals surface area (Å²) >= 11 is 0. The lowest BCUT2D eigenvalue weighted by Crippen LogP contribution is -2.45. The van der Waals surface area contributed by atoms with Gasteiger partial charge in [-0.15, -0.1) is 0 Å². The van der Waals surface area contributed by atoms with Gasteiger partial charge in [-0.25, -0.2) is 9.18 Å². The normalized spacial score (nSPS) is 23.8. The molecule has 27 heavy (non-hydrogen) atoms. The molecule has 0 spiro atoms. The first-order valence-corrected chi connectivity index (χ1v) is 9.57. The molecule has 2 saturated heterocycles. The number of rotatable bonds is 3. The number of hydrogen-bond donors (Lipinski definition) is 1. The third-order valence-electron chi connectivity index (χ3n) is 5.18. The zero-order chi connectivity index (χ0) is 19.4. The van der Waals surface area contributed by atoms with Crippen LogP contribution in [0.4, 0.5) is 14.9 Å². The molecule has 0 aliphatic carbocycles. The summed E-state index contributed by atoms with van der Waals surface area (Å²) in [6.07, 6.45) is 1.56. The van der Waals surface area contributed by atoms with Crippen molar-refractivity contribution in [1.82, 2.24) is 10.2 Å². The highest BCUT2D eigenvalue weighted by molar-refractivity contribution is 5.74. The van der Waals surface area contributed by atoms with Crippen molar-refractivity contribution in [1.29, 1.82) is 5.26 Å². The molecule has 2 aliphatic heterocycles. The molecular weight excluding hydrogens is 347 g/mol. The number of ether oxygens (including phenoxy) is 1. The fraction of sp³-hybridized carbons (Fsp3) is 0.600. The molecule has 0 radical (unpaired) electrons. The summed E-state index contributed by atoms with van der Waals surface area (Å²) in [6, 6.07) is 7.21. The topological polar surface area (TPSA) is 68.6 Å². The minimum absolute atomic E-state index is 0.0429. The number of hydrogen-bond acceptors (Lipinski definition) is 4. The van der Waals surface area contributed by atoms with Crippen LogP contribution in [0.1, 0.15) is 32.3 Å². The number of urea groups is 1. The summed E-state index contributed by atoms with van der Waals surface area (Å²) in [7, 11) is 0. The number of nitriles is 1. The smallest absolute Gasteiger partial charge is 0.317 e. The molecule has 7 heteroatoms. The van der Waals surface area contributed by atoms with Crippen molar-refractivity contribution in [3.63, 3.8) is 0 Å². The number of carbonyl (C=O) groups excluding carboxylic acids is 1. The third kappa shape index (κ3) is 4.89. The van der Waals surface area contributed by atoms with E-state index in [-0.39, 0.29) is 36.5 Å². The highest BCUT2D eigenvalue weighted by Gasteiger charge is 2.25. The molecule has 0 aromatic heterocycles. The van der Waals surface area contributed by atoms with Gasteiger partial charge in [0.05, 0.1) is 24.0 Å². The Morgan fingerprint density at radius 3 is 2.56 bits per heavy atom. The lowest BCUT2D eigenvalue weighted by Gasteiger charge is -2.37. The van der Waals surface area contributed by atoms with Gasteiger partial charge in [0.25, 0.3) is 0 Å². The quantitative estimate of drug-likeness (QED) is 0.883. The lowest BCUT2D eigenvalue weighted by atomic mass is 9.99. The van der Waals surface area contributed by atoms with E-state index in [9.17, 15) is 9.18 Å². The summed E-state index contributed by atoms with van der Waals surface area (Å²) in [5.41, 5.74) is 1.30. The van der Waals surface area contributed by atoms with Crippen molar-refractivity contribution in [3.05, 3.63) is 29.6 Å². The van der Waals surface area contributed by atoms with Gasteiger partial charge < -0.3 is 19.9 Å². The second-order valence-electron chi connectivity index (χ2n) is 7.50. The molecule has 0 unspecified atom stereocenters. The Hall–Kier alpha value is -2.33. The van der Waals surface area contributed by atoms with E-state index in [0.29, 0.717) is 44.7 Å². The van der Waals surface area contributed by atoms with Crippen LogP contribution < -0.4 is 10.2 Å². The third-order valence-corrected chi connectivity index (χ3v) is 5.18. The van der Waals surface area contributed by atoms with Crippen LogP contribution in [0.5, 0.6) is 0 Å². The molecule has 2 atom stereocenters. The molecule has 0 bridgehead atoms. The number of likely N-dealkylation sites (tertiary alicyclic amines) is 1. The fourth-order valence-corrected chi connectivity index (χ4v) is 3.79. The molecule has 3 rings (SSSR count). The van der Waals surface area contributed by atoms with Crippen molar-refractivity contribution < 1.29 is 13.9 Å². The van der Waals surface area contributed by atoms with Crippen molar-refractivity contribution in [3.8, 4) is 6.07 Å². The van der Waals surface area contributed by atoms with Crippen LogP contribution in [0.25, 0.3) is 0 Å². The van der Waals surface area contributed by atoms with E-state index < -0.39 is 0 Å². The van der Waals surface area contributed by atoms with Crippen molar-refractivity contribution in [2.24, 2.45) is 5.92 Å².